The summed E-state index contributed by atoms with van der Waals surface area (Å²) in [4.78, 5) is 30.6. The molecule has 0 radical (unpaired) electrons. The molecule has 0 N–H and O–H groups in total. The van der Waals surface area contributed by atoms with Gasteiger partial charge in [0.05, 0.1) is 11.1 Å². The van der Waals surface area contributed by atoms with Crippen molar-refractivity contribution in [3.63, 3.8) is 0 Å². The Labute approximate surface area is 157 Å². The number of rotatable bonds is 3. The van der Waals surface area contributed by atoms with Crippen LogP contribution in [-0.2, 0) is 11.8 Å². The highest BCUT2D eigenvalue weighted by Crippen LogP contribution is 2.31. The van der Waals surface area contributed by atoms with Gasteiger partial charge in [0.2, 0.25) is 5.91 Å². The Bertz CT molecular complexity index is 998. The van der Waals surface area contributed by atoms with Gasteiger partial charge in [-0.05, 0) is 32.9 Å². The molecule has 4 rings (SSSR count). The lowest BCUT2D eigenvalue weighted by Crippen LogP contribution is -2.56. The van der Waals surface area contributed by atoms with Gasteiger partial charge in [0, 0.05) is 32.9 Å². The summed E-state index contributed by atoms with van der Waals surface area (Å²) in [6, 6.07) is 5.38. The summed E-state index contributed by atoms with van der Waals surface area (Å²) < 4.78 is 1.76. The van der Waals surface area contributed by atoms with Crippen LogP contribution in [0.3, 0.4) is 0 Å². The summed E-state index contributed by atoms with van der Waals surface area (Å²) in [6.45, 7) is 8.02. The van der Waals surface area contributed by atoms with Crippen molar-refractivity contribution in [2.45, 2.75) is 26.8 Å². The van der Waals surface area contributed by atoms with E-state index < -0.39 is 0 Å². The molecule has 8 heteroatoms. The molecule has 3 aromatic rings. The van der Waals surface area contributed by atoms with Crippen molar-refractivity contribution in [3.05, 3.63) is 30.1 Å². The highest BCUT2D eigenvalue weighted by Gasteiger charge is 2.33. The van der Waals surface area contributed by atoms with Gasteiger partial charge in [-0.3, -0.25) is 14.5 Å². The van der Waals surface area contributed by atoms with E-state index in [9.17, 15) is 4.79 Å². The standard InChI is InChI=1S/C19H23N7O/c1-5-25-10-11-26(13(3)19(25)27)18-15-12(2)23-24(4)17(15)21-16(22-18)14-8-6-7-9-20-14/h6-9,13H,5,10-11H2,1-4H3/t13-/m0/s1. The summed E-state index contributed by atoms with van der Waals surface area (Å²) in [5, 5.41) is 5.42. The zero-order valence-electron chi connectivity index (χ0n) is 16.0. The minimum Gasteiger partial charge on any atom is -0.342 e. The zero-order chi connectivity index (χ0) is 19.1. The van der Waals surface area contributed by atoms with Crippen molar-refractivity contribution in [2.75, 3.05) is 24.5 Å². The number of hydrogen-bond donors (Lipinski definition) is 0. The SMILES string of the molecule is CCN1CCN(c2nc(-c3ccccn3)nc3c2c(C)nn3C)[C@@H](C)C1=O. The van der Waals surface area contributed by atoms with Crippen molar-refractivity contribution in [2.24, 2.45) is 7.05 Å². The predicted molar refractivity (Wildman–Crippen MR) is 103 cm³/mol. The fourth-order valence-electron chi connectivity index (χ4n) is 3.67. The molecule has 4 heterocycles. The Balaban J connectivity index is 1.90. The van der Waals surface area contributed by atoms with Crippen LogP contribution in [0, 0.1) is 6.92 Å². The third-order valence-corrected chi connectivity index (χ3v) is 5.13. The number of fused-ring (bicyclic) bond motifs is 1. The second-order valence-electron chi connectivity index (χ2n) is 6.78. The topological polar surface area (TPSA) is 80.0 Å². The van der Waals surface area contributed by atoms with E-state index in [1.54, 1.807) is 10.9 Å². The van der Waals surface area contributed by atoms with E-state index in [0.717, 1.165) is 35.6 Å². The van der Waals surface area contributed by atoms with Crippen LogP contribution < -0.4 is 4.90 Å². The molecule has 0 spiro atoms. The first kappa shape index (κ1) is 17.4. The molecule has 0 bridgehead atoms. The van der Waals surface area contributed by atoms with Crippen molar-refractivity contribution >= 4 is 22.8 Å². The van der Waals surface area contributed by atoms with Crippen molar-refractivity contribution in [1.29, 1.82) is 0 Å². The van der Waals surface area contributed by atoms with Crippen LogP contribution in [0.15, 0.2) is 24.4 Å². The van der Waals surface area contributed by atoms with Gasteiger partial charge in [-0.1, -0.05) is 6.07 Å². The van der Waals surface area contributed by atoms with Crippen LogP contribution in [0.4, 0.5) is 5.82 Å². The number of carbonyl (C=O) groups excluding carboxylic acids is 1. The first-order valence-electron chi connectivity index (χ1n) is 9.19. The normalized spacial score (nSPS) is 17.8. The average Bonchev–Trinajstić information content (AvgIpc) is 2.98. The molecule has 1 aliphatic heterocycles. The van der Waals surface area contributed by atoms with Crippen LogP contribution in [0.5, 0.6) is 0 Å². The smallest absolute Gasteiger partial charge is 0.245 e. The second-order valence-corrected chi connectivity index (χ2v) is 6.78. The highest BCUT2D eigenvalue weighted by molar-refractivity contribution is 5.94. The summed E-state index contributed by atoms with van der Waals surface area (Å²) in [7, 11) is 1.87. The van der Waals surface area contributed by atoms with Crippen LogP contribution in [-0.4, -0.2) is 61.2 Å². The van der Waals surface area contributed by atoms with Gasteiger partial charge in [-0.15, -0.1) is 0 Å². The summed E-state index contributed by atoms with van der Waals surface area (Å²) in [6.07, 6.45) is 1.73. The van der Waals surface area contributed by atoms with Gasteiger partial charge in [-0.25, -0.2) is 9.97 Å². The second kappa shape index (κ2) is 6.61. The van der Waals surface area contributed by atoms with Gasteiger partial charge in [0.15, 0.2) is 11.5 Å². The van der Waals surface area contributed by atoms with E-state index in [-0.39, 0.29) is 11.9 Å². The Kier molecular flexibility index (Phi) is 4.25. The lowest BCUT2D eigenvalue weighted by atomic mass is 10.1. The number of hydrogen-bond acceptors (Lipinski definition) is 6. The summed E-state index contributed by atoms with van der Waals surface area (Å²) >= 11 is 0. The fourth-order valence-corrected chi connectivity index (χ4v) is 3.67. The van der Waals surface area contributed by atoms with Crippen LogP contribution in [0.25, 0.3) is 22.6 Å². The Morgan fingerprint density at radius 2 is 2.04 bits per heavy atom. The maximum atomic E-state index is 12.7. The van der Waals surface area contributed by atoms with E-state index in [1.807, 2.05) is 50.9 Å². The van der Waals surface area contributed by atoms with E-state index in [1.165, 1.54) is 0 Å². The minimum absolute atomic E-state index is 0.122. The average molecular weight is 365 g/mol. The molecule has 0 saturated carbocycles. The van der Waals surface area contributed by atoms with Gasteiger partial charge in [0.25, 0.3) is 0 Å². The monoisotopic (exact) mass is 365 g/mol. The van der Waals surface area contributed by atoms with E-state index in [0.29, 0.717) is 18.1 Å². The molecule has 8 nitrogen and oxygen atoms in total. The number of amides is 1. The Hall–Kier alpha value is -3.03. The number of likely N-dealkylation sites (N-methyl/N-ethyl adjacent to an activating group) is 1. The van der Waals surface area contributed by atoms with Gasteiger partial charge in [-0.2, -0.15) is 5.10 Å². The van der Waals surface area contributed by atoms with Gasteiger partial charge >= 0.3 is 0 Å². The summed E-state index contributed by atoms with van der Waals surface area (Å²) in [5.41, 5.74) is 2.30. The number of anilines is 1. The van der Waals surface area contributed by atoms with Gasteiger partial charge in [0.1, 0.15) is 17.6 Å². The third kappa shape index (κ3) is 2.81. The molecule has 140 valence electrons. The van der Waals surface area contributed by atoms with Crippen LogP contribution in [0.2, 0.25) is 0 Å². The highest BCUT2D eigenvalue weighted by atomic mass is 16.2. The Morgan fingerprint density at radius 3 is 2.74 bits per heavy atom. The third-order valence-electron chi connectivity index (χ3n) is 5.13. The fraction of sp³-hybridized carbons (Fsp3) is 0.421. The number of aromatic nitrogens is 5. The zero-order valence-corrected chi connectivity index (χ0v) is 16.0. The van der Waals surface area contributed by atoms with E-state index in [4.69, 9.17) is 9.97 Å². The maximum Gasteiger partial charge on any atom is 0.245 e. The predicted octanol–water partition coefficient (Wildman–Crippen LogP) is 1.79. The van der Waals surface area contributed by atoms with Gasteiger partial charge < -0.3 is 9.80 Å². The Morgan fingerprint density at radius 1 is 1.22 bits per heavy atom. The maximum absolute atomic E-state index is 12.7. The molecule has 0 aromatic carbocycles. The molecule has 0 aliphatic carbocycles. The molecule has 1 fully saturated rings. The number of pyridine rings is 1. The van der Waals surface area contributed by atoms with E-state index >= 15 is 0 Å². The largest absolute Gasteiger partial charge is 0.342 e. The molecule has 0 unspecified atom stereocenters. The number of piperazine rings is 1. The number of carbonyl (C=O) groups is 1. The van der Waals surface area contributed by atoms with Crippen molar-refractivity contribution in [3.8, 4) is 11.5 Å². The number of nitrogens with zero attached hydrogens (tertiary/aromatic N) is 7. The van der Waals surface area contributed by atoms with Crippen LogP contribution >= 0.6 is 0 Å². The number of aryl methyl sites for hydroxylation is 2. The molecule has 1 atom stereocenters. The lowest BCUT2D eigenvalue weighted by molar-refractivity contribution is -0.133. The molecule has 27 heavy (non-hydrogen) atoms. The molecule has 1 amide bonds. The minimum atomic E-state index is -0.284. The first-order valence-corrected chi connectivity index (χ1v) is 9.19. The van der Waals surface area contributed by atoms with Crippen molar-refractivity contribution < 1.29 is 4.79 Å². The lowest BCUT2D eigenvalue weighted by Gasteiger charge is -2.39. The van der Waals surface area contributed by atoms with Crippen molar-refractivity contribution in [1.82, 2.24) is 29.6 Å². The van der Waals surface area contributed by atoms with Crippen LogP contribution in [0.1, 0.15) is 19.5 Å². The molecule has 3 aromatic heterocycles. The van der Waals surface area contributed by atoms with E-state index in [2.05, 4.69) is 15.0 Å². The molecule has 1 saturated heterocycles. The summed E-state index contributed by atoms with van der Waals surface area (Å²) in [5.74, 6) is 1.41. The molecule has 1 aliphatic rings. The quantitative estimate of drug-likeness (QED) is 0.704. The first-order chi connectivity index (χ1) is 13.0. The molecular weight excluding hydrogens is 342 g/mol. The molecular formula is C19H23N7O.